The third kappa shape index (κ3) is 4.05. The summed E-state index contributed by atoms with van der Waals surface area (Å²) in [6.07, 6.45) is 4.91. The van der Waals surface area contributed by atoms with E-state index in [1.807, 2.05) is 27.0 Å². The van der Waals surface area contributed by atoms with Gasteiger partial charge in [0.05, 0.1) is 21.3 Å². The average molecular weight is 419 g/mol. The normalized spacial score (nSPS) is 11.6. The van der Waals surface area contributed by atoms with Gasteiger partial charge in [0, 0.05) is 18.9 Å². The summed E-state index contributed by atoms with van der Waals surface area (Å²) in [5, 5.41) is 0.373. The molecule has 6 nitrogen and oxygen atoms in total. The Bertz CT molecular complexity index is 1070. The largest absolute Gasteiger partial charge is 0.286 e. The summed E-state index contributed by atoms with van der Waals surface area (Å²) in [7, 11) is -3.78. The Labute approximate surface area is 170 Å². The average Bonchev–Trinajstić information content (AvgIpc) is 3.01. The summed E-state index contributed by atoms with van der Waals surface area (Å²) in [4.78, 5) is 9.09. The van der Waals surface area contributed by atoms with Crippen LogP contribution in [0.4, 0.5) is 5.69 Å². The van der Waals surface area contributed by atoms with Gasteiger partial charge in [-0.2, -0.15) is 0 Å². The number of halogens is 1. The molecule has 3 rings (SSSR count). The van der Waals surface area contributed by atoms with E-state index in [2.05, 4.69) is 9.97 Å². The van der Waals surface area contributed by atoms with Crippen molar-refractivity contribution < 1.29 is 8.42 Å². The van der Waals surface area contributed by atoms with Gasteiger partial charge in [0.2, 0.25) is 0 Å². The lowest BCUT2D eigenvalue weighted by Gasteiger charge is -2.26. The zero-order valence-electron chi connectivity index (χ0n) is 16.1. The van der Waals surface area contributed by atoms with Crippen molar-refractivity contribution in [3.8, 4) is 5.82 Å². The van der Waals surface area contributed by atoms with E-state index in [0.717, 1.165) is 17.9 Å². The quantitative estimate of drug-likeness (QED) is 0.565. The lowest BCUT2D eigenvalue weighted by Crippen LogP contribution is -2.33. The number of anilines is 1. The van der Waals surface area contributed by atoms with Gasteiger partial charge in [-0.15, -0.1) is 0 Å². The summed E-state index contributed by atoms with van der Waals surface area (Å²) in [6, 6.07) is 10.1. The highest BCUT2D eigenvalue weighted by molar-refractivity contribution is 7.92. The molecule has 2 aromatic heterocycles. The van der Waals surface area contributed by atoms with E-state index in [0.29, 0.717) is 29.5 Å². The Morgan fingerprint density at radius 1 is 1.18 bits per heavy atom. The van der Waals surface area contributed by atoms with Gasteiger partial charge in [0.15, 0.2) is 5.82 Å². The SMILES string of the molecule is CCCCN(c1cc(Cl)cnc1-n1cc(C)nc1C)S(=O)(=O)c1ccccc1. The predicted molar refractivity (Wildman–Crippen MR) is 112 cm³/mol. The van der Waals surface area contributed by atoms with Gasteiger partial charge in [-0.05, 0) is 38.5 Å². The van der Waals surface area contributed by atoms with Crippen molar-refractivity contribution in [3.05, 3.63) is 65.3 Å². The second kappa shape index (κ2) is 8.32. The molecule has 0 saturated heterocycles. The number of imidazole rings is 1. The molecule has 0 amide bonds. The molecule has 0 N–H and O–H groups in total. The van der Waals surface area contributed by atoms with Crippen molar-refractivity contribution in [2.45, 2.75) is 38.5 Å². The molecule has 1 aromatic carbocycles. The van der Waals surface area contributed by atoms with Gasteiger partial charge in [-0.3, -0.25) is 8.87 Å². The molecule has 3 aromatic rings. The highest BCUT2D eigenvalue weighted by Crippen LogP contribution is 2.31. The van der Waals surface area contributed by atoms with Crippen molar-refractivity contribution in [1.29, 1.82) is 0 Å². The summed E-state index contributed by atoms with van der Waals surface area (Å²) in [5.74, 6) is 1.21. The minimum absolute atomic E-state index is 0.232. The van der Waals surface area contributed by atoms with E-state index in [1.165, 1.54) is 10.5 Å². The molecule has 0 unspecified atom stereocenters. The Morgan fingerprint density at radius 3 is 2.50 bits per heavy atom. The van der Waals surface area contributed by atoms with Gasteiger partial charge in [-0.25, -0.2) is 18.4 Å². The van der Waals surface area contributed by atoms with Crippen LogP contribution < -0.4 is 4.31 Å². The van der Waals surface area contributed by atoms with Gasteiger partial charge in [0.1, 0.15) is 5.82 Å². The fourth-order valence-electron chi connectivity index (χ4n) is 3.01. The van der Waals surface area contributed by atoms with E-state index in [-0.39, 0.29) is 4.90 Å². The van der Waals surface area contributed by atoms with Crippen molar-refractivity contribution in [2.75, 3.05) is 10.8 Å². The zero-order chi connectivity index (χ0) is 20.3. The Balaban J connectivity index is 2.21. The molecular formula is C20H23ClN4O2S. The topological polar surface area (TPSA) is 68.1 Å². The number of rotatable bonds is 7. The van der Waals surface area contributed by atoms with Crippen LogP contribution in [-0.2, 0) is 10.0 Å². The Morgan fingerprint density at radius 2 is 1.89 bits per heavy atom. The molecule has 8 heteroatoms. The van der Waals surface area contributed by atoms with Crippen LogP contribution in [0.2, 0.25) is 5.02 Å². The molecule has 0 spiro atoms. The first-order valence-corrected chi connectivity index (χ1v) is 10.9. The van der Waals surface area contributed by atoms with Crippen LogP contribution in [0.3, 0.4) is 0 Å². The predicted octanol–water partition coefficient (Wildman–Crippen LogP) is 4.53. The van der Waals surface area contributed by atoms with Crippen LogP contribution in [0, 0.1) is 13.8 Å². The third-order valence-corrected chi connectivity index (χ3v) is 6.39. The van der Waals surface area contributed by atoms with E-state index >= 15 is 0 Å². The Kier molecular flexibility index (Phi) is 6.05. The second-order valence-corrected chi connectivity index (χ2v) is 8.84. The number of unbranched alkanes of at least 4 members (excludes halogenated alkanes) is 1. The van der Waals surface area contributed by atoms with Crippen molar-refractivity contribution in [3.63, 3.8) is 0 Å². The molecule has 148 valence electrons. The lowest BCUT2D eigenvalue weighted by atomic mass is 10.3. The van der Waals surface area contributed by atoms with Crippen molar-refractivity contribution in [1.82, 2.24) is 14.5 Å². The number of aryl methyl sites for hydroxylation is 2. The van der Waals surface area contributed by atoms with Gasteiger partial charge in [0.25, 0.3) is 10.0 Å². The number of sulfonamides is 1. The van der Waals surface area contributed by atoms with Crippen LogP contribution in [0.5, 0.6) is 0 Å². The van der Waals surface area contributed by atoms with Crippen molar-refractivity contribution >= 4 is 27.3 Å². The summed E-state index contributed by atoms with van der Waals surface area (Å²) in [5.41, 5.74) is 1.26. The summed E-state index contributed by atoms with van der Waals surface area (Å²) < 4.78 is 30.1. The zero-order valence-corrected chi connectivity index (χ0v) is 17.7. The number of pyridine rings is 1. The molecule has 0 aliphatic carbocycles. The fourth-order valence-corrected chi connectivity index (χ4v) is 4.69. The molecule has 0 atom stereocenters. The highest BCUT2D eigenvalue weighted by Gasteiger charge is 2.28. The first-order chi connectivity index (χ1) is 13.3. The minimum Gasteiger partial charge on any atom is -0.286 e. The van der Waals surface area contributed by atoms with Crippen LogP contribution >= 0.6 is 11.6 Å². The molecule has 0 saturated carbocycles. The molecule has 2 heterocycles. The smallest absolute Gasteiger partial charge is 0.264 e. The monoisotopic (exact) mass is 418 g/mol. The van der Waals surface area contributed by atoms with Gasteiger partial charge in [-0.1, -0.05) is 43.1 Å². The van der Waals surface area contributed by atoms with E-state index < -0.39 is 10.0 Å². The molecule has 28 heavy (non-hydrogen) atoms. The number of benzene rings is 1. The maximum Gasteiger partial charge on any atom is 0.264 e. The molecule has 0 aliphatic heterocycles. The van der Waals surface area contributed by atoms with Crippen LogP contribution in [-0.4, -0.2) is 29.5 Å². The summed E-state index contributed by atoms with van der Waals surface area (Å²) in [6.45, 7) is 6.09. The number of hydrogen-bond acceptors (Lipinski definition) is 4. The number of nitrogens with zero attached hydrogens (tertiary/aromatic N) is 4. The van der Waals surface area contributed by atoms with E-state index in [9.17, 15) is 8.42 Å². The van der Waals surface area contributed by atoms with E-state index in [1.54, 1.807) is 41.0 Å². The van der Waals surface area contributed by atoms with E-state index in [4.69, 9.17) is 11.6 Å². The van der Waals surface area contributed by atoms with Crippen LogP contribution in [0.15, 0.2) is 53.7 Å². The highest BCUT2D eigenvalue weighted by atomic mass is 35.5. The minimum atomic E-state index is -3.78. The third-order valence-electron chi connectivity index (χ3n) is 4.36. The Hall–Kier alpha value is -2.38. The number of hydrogen-bond donors (Lipinski definition) is 0. The van der Waals surface area contributed by atoms with Crippen LogP contribution in [0.1, 0.15) is 31.3 Å². The number of aromatic nitrogens is 3. The second-order valence-electron chi connectivity index (χ2n) is 6.54. The molecular weight excluding hydrogens is 396 g/mol. The molecule has 0 fully saturated rings. The first kappa shape index (κ1) is 20.4. The van der Waals surface area contributed by atoms with Gasteiger partial charge >= 0.3 is 0 Å². The van der Waals surface area contributed by atoms with Gasteiger partial charge < -0.3 is 0 Å². The summed E-state index contributed by atoms with van der Waals surface area (Å²) >= 11 is 6.21. The first-order valence-electron chi connectivity index (χ1n) is 9.11. The fraction of sp³-hybridized carbons (Fsp3) is 0.300. The molecule has 0 bridgehead atoms. The maximum absolute atomic E-state index is 13.5. The molecule has 0 radical (unpaired) electrons. The standard InChI is InChI=1S/C20H23ClN4O2S/c1-4-5-11-25(28(26,27)18-9-7-6-8-10-18)19-12-17(21)13-22-20(19)24-14-15(2)23-16(24)3/h6-10,12-14H,4-5,11H2,1-3H3. The lowest BCUT2D eigenvalue weighted by molar-refractivity contribution is 0.588. The van der Waals surface area contributed by atoms with Crippen LogP contribution in [0.25, 0.3) is 5.82 Å². The van der Waals surface area contributed by atoms with Crippen molar-refractivity contribution in [2.24, 2.45) is 0 Å². The maximum atomic E-state index is 13.5. The molecule has 0 aliphatic rings.